The molecule has 0 radical (unpaired) electrons. The molecule has 2 aliphatic rings. The van der Waals surface area contributed by atoms with E-state index >= 15 is 0 Å². The monoisotopic (exact) mass is 358 g/mol. The predicted molar refractivity (Wildman–Crippen MR) is 101 cm³/mol. The third-order valence-electron chi connectivity index (χ3n) is 5.21. The number of hydrogen-bond acceptors (Lipinski definition) is 6. The summed E-state index contributed by atoms with van der Waals surface area (Å²) >= 11 is 0. The first-order valence-corrected chi connectivity index (χ1v) is 9.45. The first-order valence-electron chi connectivity index (χ1n) is 9.45. The molecule has 0 aromatic heterocycles. The van der Waals surface area contributed by atoms with Gasteiger partial charge < -0.3 is 30.6 Å². The number of hydrogen-bond donors (Lipinski definition) is 4. The van der Waals surface area contributed by atoms with Crippen molar-refractivity contribution in [2.45, 2.75) is 50.7 Å². The van der Waals surface area contributed by atoms with E-state index in [1.165, 1.54) is 6.92 Å². The van der Waals surface area contributed by atoms with E-state index in [0.717, 1.165) is 65.0 Å². The molecule has 2 fully saturated rings. The zero-order valence-corrected chi connectivity index (χ0v) is 16.5. The SMILES string of the molecule is CC(=O)NCC1(O)CCN(C)CC1.CCNCC1(O)CCN(C)CC1. The molecule has 0 spiro atoms. The quantitative estimate of drug-likeness (QED) is 0.536. The first-order chi connectivity index (χ1) is 11.7. The molecule has 0 aromatic carbocycles. The molecule has 4 N–H and O–H groups in total. The van der Waals surface area contributed by atoms with Crippen molar-refractivity contribution >= 4 is 5.91 Å². The maximum Gasteiger partial charge on any atom is 0.216 e. The van der Waals surface area contributed by atoms with Crippen LogP contribution in [0.5, 0.6) is 0 Å². The summed E-state index contributed by atoms with van der Waals surface area (Å²) in [6, 6.07) is 0. The Balaban J connectivity index is 0.000000251. The number of aliphatic hydroxyl groups is 2. The van der Waals surface area contributed by atoms with E-state index in [-0.39, 0.29) is 5.91 Å². The van der Waals surface area contributed by atoms with E-state index < -0.39 is 11.2 Å². The van der Waals surface area contributed by atoms with Gasteiger partial charge in [0, 0.05) is 46.2 Å². The Morgan fingerprint density at radius 2 is 1.32 bits per heavy atom. The Morgan fingerprint density at radius 1 is 0.920 bits per heavy atom. The van der Waals surface area contributed by atoms with Crippen LogP contribution in [-0.2, 0) is 4.79 Å². The van der Waals surface area contributed by atoms with Gasteiger partial charge in [0.1, 0.15) is 0 Å². The van der Waals surface area contributed by atoms with E-state index in [1.54, 1.807) is 0 Å². The lowest BCUT2D eigenvalue weighted by atomic mass is 9.91. The third kappa shape index (κ3) is 8.96. The molecule has 0 aromatic rings. The standard InChI is InChI=1S/C9H18N2O2.C9H20N2O/c1-8(12)10-7-9(13)3-5-11(2)6-4-9;1-3-10-8-9(12)4-6-11(2)7-5-9/h13H,3-7H2,1-2H3,(H,10,12);10,12H,3-8H2,1-2H3. The number of nitrogens with one attached hydrogen (secondary N) is 2. The molecule has 7 nitrogen and oxygen atoms in total. The molecule has 25 heavy (non-hydrogen) atoms. The Bertz CT molecular complexity index is 384. The molecule has 1 amide bonds. The Hall–Kier alpha value is -0.730. The fourth-order valence-corrected chi connectivity index (χ4v) is 3.07. The molecule has 0 unspecified atom stereocenters. The maximum absolute atomic E-state index is 10.7. The van der Waals surface area contributed by atoms with E-state index in [2.05, 4.69) is 34.4 Å². The van der Waals surface area contributed by atoms with Gasteiger partial charge in [-0.3, -0.25) is 4.79 Å². The summed E-state index contributed by atoms with van der Waals surface area (Å²) in [7, 11) is 4.14. The third-order valence-corrected chi connectivity index (χ3v) is 5.21. The molecule has 0 aliphatic carbocycles. The molecule has 0 bridgehead atoms. The van der Waals surface area contributed by atoms with Gasteiger partial charge in [0.05, 0.1) is 11.2 Å². The van der Waals surface area contributed by atoms with E-state index in [9.17, 15) is 15.0 Å². The van der Waals surface area contributed by atoms with Crippen molar-refractivity contribution in [1.29, 1.82) is 0 Å². The first kappa shape index (κ1) is 22.3. The van der Waals surface area contributed by atoms with Gasteiger partial charge >= 0.3 is 0 Å². The lowest BCUT2D eigenvalue weighted by Crippen LogP contribution is -2.49. The van der Waals surface area contributed by atoms with Crippen LogP contribution in [0.15, 0.2) is 0 Å². The number of amides is 1. The summed E-state index contributed by atoms with van der Waals surface area (Å²) in [5.74, 6) is -0.0765. The van der Waals surface area contributed by atoms with Crippen LogP contribution in [0.4, 0.5) is 0 Å². The van der Waals surface area contributed by atoms with Crippen LogP contribution in [0.25, 0.3) is 0 Å². The molecular formula is C18H38N4O3. The van der Waals surface area contributed by atoms with E-state index in [4.69, 9.17) is 0 Å². The van der Waals surface area contributed by atoms with Crippen molar-refractivity contribution < 1.29 is 15.0 Å². The van der Waals surface area contributed by atoms with Crippen LogP contribution in [0, 0.1) is 0 Å². The largest absolute Gasteiger partial charge is 0.388 e. The zero-order valence-electron chi connectivity index (χ0n) is 16.5. The highest BCUT2D eigenvalue weighted by atomic mass is 16.3. The molecule has 0 atom stereocenters. The fraction of sp³-hybridized carbons (Fsp3) is 0.944. The molecule has 0 saturated carbocycles. The molecule has 2 rings (SSSR count). The van der Waals surface area contributed by atoms with Crippen LogP contribution in [0.3, 0.4) is 0 Å². The van der Waals surface area contributed by atoms with Crippen molar-refractivity contribution in [1.82, 2.24) is 20.4 Å². The molecule has 7 heteroatoms. The van der Waals surface area contributed by atoms with Gasteiger partial charge in [0.2, 0.25) is 5.91 Å². The number of piperidine rings is 2. The number of likely N-dealkylation sites (tertiary alicyclic amines) is 2. The van der Waals surface area contributed by atoms with Gasteiger partial charge in [-0.05, 0) is 46.3 Å². The summed E-state index contributed by atoms with van der Waals surface area (Å²) in [5.41, 5.74) is -1.12. The molecular weight excluding hydrogens is 320 g/mol. The Kier molecular flexibility index (Phi) is 9.30. The molecule has 2 heterocycles. The molecule has 148 valence electrons. The van der Waals surface area contributed by atoms with Gasteiger partial charge in [0.25, 0.3) is 0 Å². The number of likely N-dealkylation sites (N-methyl/N-ethyl adjacent to an activating group) is 1. The maximum atomic E-state index is 10.7. The van der Waals surface area contributed by atoms with Gasteiger partial charge in [-0.2, -0.15) is 0 Å². The highest BCUT2D eigenvalue weighted by molar-refractivity contribution is 5.72. The topological polar surface area (TPSA) is 88.1 Å². The number of carbonyl (C=O) groups is 1. The van der Waals surface area contributed by atoms with Crippen molar-refractivity contribution in [2.75, 3.05) is 59.9 Å². The smallest absolute Gasteiger partial charge is 0.216 e. The van der Waals surface area contributed by atoms with Gasteiger partial charge in [-0.1, -0.05) is 6.92 Å². The van der Waals surface area contributed by atoms with Crippen molar-refractivity contribution in [2.24, 2.45) is 0 Å². The second kappa shape index (κ2) is 10.4. The lowest BCUT2D eigenvalue weighted by molar-refractivity contribution is -0.120. The van der Waals surface area contributed by atoms with Crippen LogP contribution < -0.4 is 10.6 Å². The average molecular weight is 359 g/mol. The summed E-state index contributed by atoms with van der Waals surface area (Å²) < 4.78 is 0. The van der Waals surface area contributed by atoms with Crippen LogP contribution in [0.1, 0.15) is 39.5 Å². The average Bonchev–Trinajstić information content (AvgIpc) is 2.58. The Morgan fingerprint density at radius 3 is 1.68 bits per heavy atom. The number of carbonyl (C=O) groups excluding carboxylic acids is 1. The minimum atomic E-state index is -0.682. The molecule has 2 aliphatic heterocycles. The van der Waals surface area contributed by atoms with Crippen LogP contribution in [-0.4, -0.2) is 97.0 Å². The summed E-state index contributed by atoms with van der Waals surface area (Å²) in [5, 5.41) is 25.9. The van der Waals surface area contributed by atoms with Gasteiger partial charge in [0.15, 0.2) is 0 Å². The van der Waals surface area contributed by atoms with Crippen molar-refractivity contribution in [3.63, 3.8) is 0 Å². The minimum Gasteiger partial charge on any atom is -0.388 e. The van der Waals surface area contributed by atoms with Crippen LogP contribution >= 0.6 is 0 Å². The normalized spacial score (nSPS) is 23.4. The second-order valence-electron chi connectivity index (χ2n) is 7.75. The fourth-order valence-electron chi connectivity index (χ4n) is 3.07. The van der Waals surface area contributed by atoms with E-state index in [1.807, 2.05) is 7.05 Å². The second-order valence-corrected chi connectivity index (χ2v) is 7.75. The number of rotatable bonds is 5. The van der Waals surface area contributed by atoms with Gasteiger partial charge in [-0.25, -0.2) is 0 Å². The molecule has 2 saturated heterocycles. The van der Waals surface area contributed by atoms with Crippen molar-refractivity contribution in [3.8, 4) is 0 Å². The minimum absolute atomic E-state index is 0.0765. The highest BCUT2D eigenvalue weighted by Crippen LogP contribution is 2.20. The highest BCUT2D eigenvalue weighted by Gasteiger charge is 2.31. The summed E-state index contributed by atoms with van der Waals surface area (Å²) in [4.78, 5) is 15.1. The zero-order chi connectivity index (χ0) is 18.9. The van der Waals surface area contributed by atoms with Crippen LogP contribution in [0.2, 0.25) is 0 Å². The van der Waals surface area contributed by atoms with Crippen molar-refractivity contribution in [3.05, 3.63) is 0 Å². The van der Waals surface area contributed by atoms with E-state index in [0.29, 0.717) is 6.54 Å². The lowest BCUT2D eigenvalue weighted by Gasteiger charge is -2.36. The number of nitrogens with zero attached hydrogens (tertiary/aromatic N) is 2. The predicted octanol–water partition coefficient (Wildman–Crippen LogP) is -0.368. The summed E-state index contributed by atoms with van der Waals surface area (Å²) in [6.07, 6.45) is 3.28. The Labute approximate surface area is 152 Å². The van der Waals surface area contributed by atoms with Gasteiger partial charge in [-0.15, -0.1) is 0 Å². The summed E-state index contributed by atoms with van der Waals surface area (Å²) in [6.45, 7) is 9.44.